The quantitative estimate of drug-likeness (QED) is 0.615. The molecule has 0 atom stereocenters. The molecule has 1 fully saturated rings. The Morgan fingerprint density at radius 3 is 2.22 bits per heavy atom. The molecule has 0 unspecified atom stereocenters. The second kappa shape index (κ2) is 8.67. The van der Waals surface area contributed by atoms with Gasteiger partial charge in [0.15, 0.2) is 0 Å². The van der Waals surface area contributed by atoms with E-state index in [1.54, 1.807) is 0 Å². The van der Waals surface area contributed by atoms with Crippen LogP contribution in [0.4, 0.5) is 0 Å². The Bertz CT molecular complexity index is 453. The van der Waals surface area contributed by atoms with Crippen molar-refractivity contribution in [3.63, 3.8) is 0 Å². The van der Waals surface area contributed by atoms with Gasteiger partial charge in [0.05, 0.1) is 13.2 Å². The standard InChI is InChI=1S/C19H32N2O2/c1-15(2)20-11-12-22-13-14-23-18-7-5-17(6-8-18)19(9-10-19)21-16(3)4/h5-8,15-16,20-21H,9-14H2,1-4H3. The molecular formula is C19H32N2O2. The van der Waals surface area contributed by atoms with Crippen molar-refractivity contribution in [3.8, 4) is 5.75 Å². The lowest BCUT2D eigenvalue weighted by Crippen LogP contribution is -2.34. The summed E-state index contributed by atoms with van der Waals surface area (Å²) in [5.74, 6) is 0.915. The summed E-state index contributed by atoms with van der Waals surface area (Å²) >= 11 is 0. The minimum absolute atomic E-state index is 0.208. The van der Waals surface area contributed by atoms with E-state index in [1.165, 1.54) is 18.4 Å². The van der Waals surface area contributed by atoms with E-state index in [4.69, 9.17) is 9.47 Å². The number of hydrogen-bond acceptors (Lipinski definition) is 4. The number of benzene rings is 1. The predicted molar refractivity (Wildman–Crippen MR) is 95.1 cm³/mol. The molecule has 1 aromatic carbocycles. The van der Waals surface area contributed by atoms with Gasteiger partial charge >= 0.3 is 0 Å². The molecule has 4 heteroatoms. The highest BCUT2D eigenvalue weighted by Crippen LogP contribution is 2.46. The van der Waals surface area contributed by atoms with Crippen LogP contribution in [-0.2, 0) is 10.3 Å². The van der Waals surface area contributed by atoms with Crippen LogP contribution < -0.4 is 15.4 Å². The molecule has 130 valence electrons. The Labute approximate surface area is 140 Å². The highest BCUT2D eigenvalue weighted by molar-refractivity contribution is 5.35. The van der Waals surface area contributed by atoms with E-state index in [2.05, 4.69) is 62.6 Å². The van der Waals surface area contributed by atoms with E-state index < -0.39 is 0 Å². The zero-order chi connectivity index (χ0) is 16.7. The van der Waals surface area contributed by atoms with Gasteiger partial charge < -0.3 is 20.1 Å². The summed E-state index contributed by atoms with van der Waals surface area (Å²) in [5, 5.41) is 7.00. The third kappa shape index (κ3) is 6.13. The molecule has 0 spiro atoms. The molecule has 0 bridgehead atoms. The lowest BCUT2D eigenvalue weighted by molar-refractivity contribution is 0.101. The fourth-order valence-corrected chi connectivity index (χ4v) is 2.80. The maximum Gasteiger partial charge on any atom is 0.119 e. The minimum Gasteiger partial charge on any atom is -0.491 e. The SMILES string of the molecule is CC(C)NCCOCCOc1ccc(C2(NC(C)C)CC2)cc1. The van der Waals surface area contributed by atoms with Crippen LogP contribution in [0.5, 0.6) is 5.75 Å². The maximum absolute atomic E-state index is 5.74. The Balaban J connectivity index is 1.66. The zero-order valence-electron chi connectivity index (χ0n) is 15.0. The molecule has 1 aromatic rings. The summed E-state index contributed by atoms with van der Waals surface area (Å²) in [6, 6.07) is 9.52. The molecule has 2 rings (SSSR count). The summed E-state index contributed by atoms with van der Waals surface area (Å²) in [7, 11) is 0. The van der Waals surface area contributed by atoms with Crippen LogP contribution in [0.2, 0.25) is 0 Å². The van der Waals surface area contributed by atoms with Crippen LogP contribution in [0.15, 0.2) is 24.3 Å². The lowest BCUT2D eigenvalue weighted by atomic mass is 10.0. The maximum atomic E-state index is 5.74. The molecule has 4 nitrogen and oxygen atoms in total. The number of rotatable bonds is 11. The van der Waals surface area contributed by atoms with Gasteiger partial charge in [0, 0.05) is 24.2 Å². The smallest absolute Gasteiger partial charge is 0.119 e. The molecule has 0 aliphatic heterocycles. The van der Waals surface area contributed by atoms with Gasteiger partial charge in [-0.3, -0.25) is 0 Å². The van der Waals surface area contributed by atoms with Gasteiger partial charge in [-0.1, -0.05) is 39.8 Å². The van der Waals surface area contributed by atoms with E-state index in [0.29, 0.717) is 25.3 Å². The van der Waals surface area contributed by atoms with E-state index in [1.807, 2.05) is 0 Å². The second-order valence-corrected chi connectivity index (χ2v) is 6.98. The van der Waals surface area contributed by atoms with Crippen molar-refractivity contribution in [2.75, 3.05) is 26.4 Å². The van der Waals surface area contributed by atoms with Gasteiger partial charge in [-0.2, -0.15) is 0 Å². The Morgan fingerprint density at radius 1 is 0.957 bits per heavy atom. The van der Waals surface area contributed by atoms with Crippen molar-refractivity contribution in [1.29, 1.82) is 0 Å². The van der Waals surface area contributed by atoms with E-state index in [-0.39, 0.29) is 5.54 Å². The van der Waals surface area contributed by atoms with Crippen molar-refractivity contribution in [1.82, 2.24) is 10.6 Å². The minimum atomic E-state index is 0.208. The van der Waals surface area contributed by atoms with Gasteiger partial charge in [0.2, 0.25) is 0 Å². The summed E-state index contributed by atoms with van der Waals surface area (Å²) < 4.78 is 11.3. The summed E-state index contributed by atoms with van der Waals surface area (Å²) in [4.78, 5) is 0. The van der Waals surface area contributed by atoms with Gasteiger partial charge in [-0.15, -0.1) is 0 Å². The van der Waals surface area contributed by atoms with Crippen LogP contribution in [0.3, 0.4) is 0 Å². The lowest BCUT2D eigenvalue weighted by Gasteiger charge is -2.21. The van der Waals surface area contributed by atoms with Crippen molar-refractivity contribution < 1.29 is 9.47 Å². The van der Waals surface area contributed by atoms with Crippen LogP contribution in [-0.4, -0.2) is 38.4 Å². The molecule has 0 aromatic heterocycles. The second-order valence-electron chi connectivity index (χ2n) is 6.98. The highest BCUT2D eigenvalue weighted by Gasteiger charge is 2.44. The van der Waals surface area contributed by atoms with Crippen LogP contribution in [0.25, 0.3) is 0 Å². The zero-order valence-corrected chi connectivity index (χ0v) is 15.0. The first-order chi connectivity index (χ1) is 11.0. The summed E-state index contributed by atoms with van der Waals surface area (Å²) in [6.45, 7) is 11.5. The summed E-state index contributed by atoms with van der Waals surface area (Å²) in [6.07, 6.45) is 2.45. The number of nitrogens with one attached hydrogen (secondary N) is 2. The third-order valence-corrected chi connectivity index (χ3v) is 4.02. The number of ether oxygens (including phenoxy) is 2. The Morgan fingerprint density at radius 2 is 1.65 bits per heavy atom. The molecule has 1 aliphatic rings. The van der Waals surface area contributed by atoms with Gasteiger partial charge in [0.1, 0.15) is 12.4 Å². The highest BCUT2D eigenvalue weighted by atomic mass is 16.5. The first-order valence-electron chi connectivity index (χ1n) is 8.84. The fourth-order valence-electron chi connectivity index (χ4n) is 2.80. The van der Waals surface area contributed by atoms with Crippen molar-refractivity contribution in [2.45, 2.75) is 58.2 Å². The number of hydrogen-bond donors (Lipinski definition) is 2. The molecular weight excluding hydrogens is 288 g/mol. The van der Waals surface area contributed by atoms with Crippen LogP contribution in [0, 0.1) is 0 Å². The largest absolute Gasteiger partial charge is 0.491 e. The van der Waals surface area contributed by atoms with Crippen molar-refractivity contribution >= 4 is 0 Å². The predicted octanol–water partition coefficient (Wildman–Crippen LogP) is 3.07. The molecule has 0 amide bonds. The topological polar surface area (TPSA) is 42.5 Å². The van der Waals surface area contributed by atoms with Gasteiger partial charge in [-0.25, -0.2) is 0 Å². The van der Waals surface area contributed by atoms with Gasteiger partial charge in [0.25, 0.3) is 0 Å². The first kappa shape index (κ1) is 18.2. The van der Waals surface area contributed by atoms with E-state index >= 15 is 0 Å². The normalized spacial score (nSPS) is 16.1. The summed E-state index contributed by atoms with van der Waals surface area (Å²) in [5.41, 5.74) is 1.58. The molecule has 0 radical (unpaired) electrons. The molecule has 0 saturated heterocycles. The first-order valence-corrected chi connectivity index (χ1v) is 8.84. The molecule has 0 heterocycles. The Hall–Kier alpha value is -1.10. The van der Waals surface area contributed by atoms with Crippen LogP contribution >= 0.6 is 0 Å². The molecule has 1 aliphatic carbocycles. The molecule has 23 heavy (non-hydrogen) atoms. The van der Waals surface area contributed by atoms with Gasteiger partial charge in [-0.05, 0) is 30.5 Å². The average molecular weight is 320 g/mol. The van der Waals surface area contributed by atoms with E-state index in [9.17, 15) is 0 Å². The van der Waals surface area contributed by atoms with Crippen LogP contribution in [0.1, 0.15) is 46.1 Å². The fraction of sp³-hybridized carbons (Fsp3) is 0.684. The van der Waals surface area contributed by atoms with Crippen molar-refractivity contribution in [3.05, 3.63) is 29.8 Å². The Kier molecular flexibility index (Phi) is 6.88. The molecule has 1 saturated carbocycles. The molecule has 2 N–H and O–H groups in total. The monoisotopic (exact) mass is 320 g/mol. The average Bonchev–Trinajstić information content (AvgIpc) is 3.26. The third-order valence-electron chi connectivity index (χ3n) is 4.02. The van der Waals surface area contributed by atoms with Crippen molar-refractivity contribution in [2.24, 2.45) is 0 Å². The van der Waals surface area contributed by atoms with E-state index in [0.717, 1.165) is 18.9 Å².